The average molecular weight is 471 g/mol. The van der Waals surface area contributed by atoms with Gasteiger partial charge in [-0.05, 0) is 122 Å². The Morgan fingerprint density at radius 2 is 1.64 bits per heavy atom. The fourth-order valence-corrected chi connectivity index (χ4v) is 5.46. The molecule has 0 saturated carbocycles. The van der Waals surface area contributed by atoms with Gasteiger partial charge in [-0.3, -0.25) is 0 Å². The Hall–Kier alpha value is -1.48. The van der Waals surface area contributed by atoms with Gasteiger partial charge in [-0.25, -0.2) is 0 Å². The van der Waals surface area contributed by atoms with E-state index >= 15 is 0 Å². The maximum atomic E-state index is 6.84. The first-order chi connectivity index (χ1) is 15.1. The summed E-state index contributed by atoms with van der Waals surface area (Å²) in [5, 5.41) is 0.183. The van der Waals surface area contributed by atoms with Crippen molar-refractivity contribution in [2.75, 3.05) is 0 Å². The van der Waals surface area contributed by atoms with E-state index in [4.69, 9.17) is 9.16 Å². The van der Waals surface area contributed by atoms with Gasteiger partial charge in [0.1, 0.15) is 17.1 Å². The van der Waals surface area contributed by atoms with E-state index in [9.17, 15) is 0 Å². The number of benzene rings is 1. The predicted octanol–water partition coefficient (Wildman–Crippen LogP) is 9.55. The second-order valence-electron chi connectivity index (χ2n) is 12.3. The van der Waals surface area contributed by atoms with Crippen molar-refractivity contribution < 1.29 is 9.16 Å². The Bertz CT molecular complexity index is 910. The third-order valence-electron chi connectivity index (χ3n) is 7.98. The number of rotatable bonds is 8. The molecule has 186 valence electrons. The van der Waals surface area contributed by atoms with Gasteiger partial charge in [0.25, 0.3) is 8.32 Å². The Balaban J connectivity index is 2.20. The molecule has 2 rings (SSSR count). The SMILES string of the molecule is CC(C)=CCCC(C)=CCCC1(C)CCc2c(C)c(O[Si](C)(C)C(C)(C)C)c(C)c(C)c2O1. The number of hydrogen-bond donors (Lipinski definition) is 0. The lowest BCUT2D eigenvalue weighted by atomic mass is 9.85. The lowest BCUT2D eigenvalue weighted by molar-refractivity contribution is 0.0559. The second kappa shape index (κ2) is 10.4. The van der Waals surface area contributed by atoms with Crippen LogP contribution in [0.1, 0.15) is 103 Å². The van der Waals surface area contributed by atoms with E-state index in [1.54, 1.807) is 0 Å². The van der Waals surface area contributed by atoms with E-state index in [0.717, 1.165) is 50.0 Å². The average Bonchev–Trinajstić information content (AvgIpc) is 2.68. The van der Waals surface area contributed by atoms with Crippen molar-refractivity contribution in [3.8, 4) is 11.5 Å². The summed E-state index contributed by atoms with van der Waals surface area (Å²) in [5.41, 5.74) is 7.94. The van der Waals surface area contributed by atoms with Gasteiger partial charge < -0.3 is 9.16 Å². The molecule has 1 aromatic carbocycles. The maximum Gasteiger partial charge on any atom is 0.250 e. The van der Waals surface area contributed by atoms with Crippen LogP contribution in [0.4, 0.5) is 0 Å². The molecule has 1 aromatic rings. The number of allylic oxidation sites excluding steroid dienone is 4. The molecule has 0 saturated heterocycles. The molecule has 0 bridgehead atoms. The highest BCUT2D eigenvalue weighted by molar-refractivity contribution is 6.74. The Morgan fingerprint density at radius 1 is 1.00 bits per heavy atom. The number of hydrogen-bond acceptors (Lipinski definition) is 2. The van der Waals surface area contributed by atoms with E-state index in [1.165, 1.54) is 33.4 Å². The highest BCUT2D eigenvalue weighted by Crippen LogP contribution is 2.47. The summed E-state index contributed by atoms with van der Waals surface area (Å²) in [4.78, 5) is 0. The van der Waals surface area contributed by atoms with Gasteiger partial charge in [-0.2, -0.15) is 0 Å². The molecule has 0 radical (unpaired) electrons. The Labute approximate surface area is 206 Å². The maximum absolute atomic E-state index is 6.84. The molecular formula is C30H50O2Si. The zero-order valence-corrected chi connectivity index (χ0v) is 24.7. The smallest absolute Gasteiger partial charge is 0.250 e. The normalized spacial score (nSPS) is 19.1. The van der Waals surface area contributed by atoms with Crippen LogP contribution in [0.25, 0.3) is 0 Å². The van der Waals surface area contributed by atoms with Gasteiger partial charge in [-0.15, -0.1) is 0 Å². The molecule has 0 aromatic heterocycles. The van der Waals surface area contributed by atoms with Crippen LogP contribution in [0.5, 0.6) is 11.5 Å². The third-order valence-corrected chi connectivity index (χ3v) is 12.3. The summed E-state index contributed by atoms with van der Waals surface area (Å²) in [5.74, 6) is 2.23. The molecular weight excluding hydrogens is 420 g/mol. The highest BCUT2D eigenvalue weighted by Gasteiger charge is 2.41. The van der Waals surface area contributed by atoms with Crippen LogP contribution in [0.3, 0.4) is 0 Å². The molecule has 1 atom stereocenters. The molecule has 0 amide bonds. The van der Waals surface area contributed by atoms with Gasteiger partial charge >= 0.3 is 0 Å². The lowest BCUT2D eigenvalue weighted by Crippen LogP contribution is -2.44. The van der Waals surface area contributed by atoms with Gasteiger partial charge in [-0.1, -0.05) is 44.1 Å². The van der Waals surface area contributed by atoms with Crippen molar-refractivity contribution in [1.29, 1.82) is 0 Å². The minimum atomic E-state index is -1.90. The monoisotopic (exact) mass is 470 g/mol. The number of fused-ring (bicyclic) bond motifs is 1. The summed E-state index contributed by atoms with van der Waals surface area (Å²) < 4.78 is 13.6. The van der Waals surface area contributed by atoms with Crippen LogP contribution in [0.15, 0.2) is 23.3 Å². The summed E-state index contributed by atoms with van der Waals surface area (Å²) >= 11 is 0. The van der Waals surface area contributed by atoms with Crippen molar-refractivity contribution in [2.45, 2.75) is 131 Å². The summed E-state index contributed by atoms with van der Waals surface area (Å²) in [6.07, 6.45) is 11.3. The van der Waals surface area contributed by atoms with Gasteiger partial charge in [0, 0.05) is 5.56 Å². The first kappa shape index (κ1) is 27.8. The molecule has 1 aliphatic heterocycles. The minimum Gasteiger partial charge on any atom is -0.543 e. The zero-order chi connectivity index (χ0) is 25.2. The van der Waals surface area contributed by atoms with Crippen molar-refractivity contribution in [1.82, 2.24) is 0 Å². The molecule has 0 fully saturated rings. The van der Waals surface area contributed by atoms with Crippen LogP contribution < -0.4 is 9.16 Å². The molecule has 1 unspecified atom stereocenters. The molecule has 3 heteroatoms. The van der Waals surface area contributed by atoms with Crippen molar-refractivity contribution in [3.63, 3.8) is 0 Å². The molecule has 0 aliphatic carbocycles. The van der Waals surface area contributed by atoms with Gasteiger partial charge in [0.05, 0.1) is 0 Å². The fourth-order valence-electron chi connectivity index (χ4n) is 4.33. The lowest BCUT2D eigenvalue weighted by Gasteiger charge is -2.41. The van der Waals surface area contributed by atoms with E-state index in [-0.39, 0.29) is 10.6 Å². The Kier molecular flexibility index (Phi) is 8.76. The molecule has 33 heavy (non-hydrogen) atoms. The second-order valence-corrected chi connectivity index (χ2v) is 17.1. The molecule has 1 aliphatic rings. The molecule has 0 spiro atoms. The van der Waals surface area contributed by atoms with Crippen LogP contribution in [0, 0.1) is 20.8 Å². The molecule has 1 heterocycles. The quantitative estimate of drug-likeness (QED) is 0.278. The van der Waals surface area contributed by atoms with E-state index in [1.807, 2.05) is 0 Å². The summed E-state index contributed by atoms with van der Waals surface area (Å²) in [6.45, 7) is 27.2. The summed E-state index contributed by atoms with van der Waals surface area (Å²) in [6, 6.07) is 0. The van der Waals surface area contributed by atoms with Crippen LogP contribution in [0.2, 0.25) is 18.1 Å². The van der Waals surface area contributed by atoms with Gasteiger partial charge in [0.15, 0.2) is 0 Å². The fraction of sp³-hybridized carbons (Fsp3) is 0.667. The third kappa shape index (κ3) is 6.78. The molecule has 2 nitrogen and oxygen atoms in total. The Morgan fingerprint density at radius 3 is 2.21 bits per heavy atom. The zero-order valence-electron chi connectivity index (χ0n) is 23.7. The first-order valence-electron chi connectivity index (χ1n) is 12.9. The van der Waals surface area contributed by atoms with Crippen LogP contribution in [-0.4, -0.2) is 13.9 Å². The predicted molar refractivity (Wildman–Crippen MR) is 147 cm³/mol. The van der Waals surface area contributed by atoms with E-state index in [2.05, 4.69) is 94.5 Å². The minimum absolute atomic E-state index is 0.102. The first-order valence-corrected chi connectivity index (χ1v) is 15.8. The molecule has 0 N–H and O–H groups in total. The van der Waals surface area contributed by atoms with Crippen LogP contribution in [-0.2, 0) is 6.42 Å². The standard InChI is InChI=1S/C30H50O2Si/c1-21(2)15-13-16-22(3)17-14-19-30(10)20-18-26-25(6)27(23(4)24(5)28(26)31-30)32-33(11,12)29(7,8)9/h15,17H,13-14,16,18-20H2,1-12H3. The van der Waals surface area contributed by atoms with E-state index < -0.39 is 8.32 Å². The number of ether oxygens (including phenoxy) is 1. The van der Waals surface area contributed by atoms with Crippen molar-refractivity contribution >= 4 is 8.32 Å². The van der Waals surface area contributed by atoms with Crippen molar-refractivity contribution in [2.24, 2.45) is 0 Å². The summed E-state index contributed by atoms with van der Waals surface area (Å²) in [7, 11) is -1.90. The van der Waals surface area contributed by atoms with Crippen LogP contribution >= 0.6 is 0 Å². The highest BCUT2D eigenvalue weighted by atomic mass is 28.4. The van der Waals surface area contributed by atoms with Crippen molar-refractivity contribution in [3.05, 3.63) is 45.6 Å². The largest absolute Gasteiger partial charge is 0.543 e. The topological polar surface area (TPSA) is 18.5 Å². The van der Waals surface area contributed by atoms with E-state index in [0.29, 0.717) is 0 Å². The van der Waals surface area contributed by atoms with Gasteiger partial charge in [0.2, 0.25) is 0 Å².